The number of amides is 2. The molecule has 8 nitrogen and oxygen atoms in total. The number of nitrogens with one attached hydrogen (secondary N) is 1. The van der Waals surface area contributed by atoms with Gasteiger partial charge in [-0.1, -0.05) is 54.6 Å². The van der Waals surface area contributed by atoms with Gasteiger partial charge in [-0.05, 0) is 17.7 Å². The molecule has 2 aromatic rings. The van der Waals surface area contributed by atoms with Crippen molar-refractivity contribution >= 4 is 35.3 Å². The maximum atomic E-state index is 12.9. The van der Waals surface area contributed by atoms with Gasteiger partial charge in [-0.3, -0.25) is 9.59 Å². The molecule has 1 aliphatic heterocycles. The number of aliphatic hydroxyl groups is 3. The highest BCUT2D eigenvalue weighted by Crippen LogP contribution is 2.33. The Morgan fingerprint density at radius 3 is 2.48 bits per heavy atom. The molecule has 5 atom stereocenters. The normalized spacial score (nSPS) is 20.0. The van der Waals surface area contributed by atoms with Crippen LogP contribution in [-0.2, 0) is 14.3 Å². The van der Waals surface area contributed by atoms with Gasteiger partial charge in [0.25, 0.3) is 5.91 Å². The number of aliphatic hydroxyl groups excluding tert-OH is 3. The second-order valence-electron chi connectivity index (χ2n) is 7.64. The molecule has 1 aliphatic rings. The Hall–Kier alpha value is -2.69. The van der Waals surface area contributed by atoms with Crippen LogP contribution in [-0.4, -0.2) is 77.5 Å². The van der Waals surface area contributed by atoms with Gasteiger partial charge in [-0.2, -0.15) is 0 Å². The molecule has 0 spiro atoms. The molecule has 3 rings (SSSR count). The van der Waals surface area contributed by atoms with E-state index < -0.39 is 36.4 Å². The fraction of sp³-hybridized carbons (Fsp3) is 0.333. The Morgan fingerprint density at radius 1 is 1.12 bits per heavy atom. The molecule has 0 bridgehead atoms. The van der Waals surface area contributed by atoms with Crippen molar-refractivity contribution in [2.75, 3.05) is 24.8 Å². The number of hydrogen-bond acceptors (Lipinski definition) is 7. The molecular weight excluding hydrogens is 444 g/mol. The summed E-state index contributed by atoms with van der Waals surface area (Å²) in [6.45, 7) is 0. The van der Waals surface area contributed by atoms with E-state index in [9.17, 15) is 24.9 Å². The number of ether oxygens (including phenoxy) is 1. The van der Waals surface area contributed by atoms with Gasteiger partial charge in [0.2, 0.25) is 5.91 Å². The van der Waals surface area contributed by atoms with E-state index in [1.807, 2.05) is 54.6 Å². The molecule has 0 saturated carbocycles. The highest BCUT2D eigenvalue weighted by Gasteiger charge is 2.38. The average molecular weight is 473 g/mol. The first-order valence-corrected chi connectivity index (χ1v) is 11.4. The summed E-state index contributed by atoms with van der Waals surface area (Å²) in [5.41, 5.74) is 1.55. The molecule has 4 N–H and O–H groups in total. The van der Waals surface area contributed by atoms with Crippen LogP contribution in [0.3, 0.4) is 0 Å². The molecule has 0 saturated heterocycles. The van der Waals surface area contributed by atoms with Crippen molar-refractivity contribution < 1.29 is 29.6 Å². The Kier molecular flexibility index (Phi) is 8.65. The lowest BCUT2D eigenvalue weighted by molar-refractivity contribution is -0.150. The number of thioether (sulfide) groups is 1. The topological polar surface area (TPSA) is 119 Å². The molecule has 9 heteroatoms. The van der Waals surface area contributed by atoms with Crippen LogP contribution in [0.4, 0.5) is 5.69 Å². The summed E-state index contributed by atoms with van der Waals surface area (Å²) in [5.74, 6) is -0.776. The summed E-state index contributed by atoms with van der Waals surface area (Å²) in [4.78, 5) is 28.1. The third kappa shape index (κ3) is 6.01. The second kappa shape index (κ2) is 11.4. The van der Waals surface area contributed by atoms with E-state index in [1.165, 1.54) is 29.8 Å². The number of benzene rings is 2. The van der Waals surface area contributed by atoms with Crippen molar-refractivity contribution in [3.8, 4) is 0 Å². The van der Waals surface area contributed by atoms with Crippen LogP contribution >= 0.6 is 11.8 Å². The van der Waals surface area contributed by atoms with Crippen LogP contribution in [0.1, 0.15) is 5.56 Å². The molecule has 0 aliphatic carbocycles. The fourth-order valence-corrected chi connectivity index (χ4v) is 4.58. The zero-order valence-electron chi connectivity index (χ0n) is 18.4. The average Bonchev–Trinajstić information content (AvgIpc) is 2.95. The molecular formula is C24H28N2O6S. The molecule has 0 radical (unpaired) electrons. The number of likely N-dealkylation sites (N-methyl/N-ethyl adjacent to an activating group) is 1. The lowest BCUT2D eigenvalue weighted by Crippen LogP contribution is -2.56. The van der Waals surface area contributed by atoms with E-state index >= 15 is 0 Å². The molecule has 1 heterocycles. The largest absolute Gasteiger partial charge is 0.387 e. The van der Waals surface area contributed by atoms with Crippen molar-refractivity contribution in [1.29, 1.82) is 0 Å². The van der Waals surface area contributed by atoms with E-state index in [-0.39, 0.29) is 5.91 Å². The van der Waals surface area contributed by atoms with E-state index in [2.05, 4.69) is 5.32 Å². The first kappa shape index (κ1) is 24.9. The van der Waals surface area contributed by atoms with Crippen molar-refractivity contribution in [3.05, 3.63) is 66.2 Å². The van der Waals surface area contributed by atoms with Crippen LogP contribution < -0.4 is 10.2 Å². The Labute approximate surface area is 196 Å². The summed E-state index contributed by atoms with van der Waals surface area (Å²) in [5, 5.41) is 33.8. The van der Waals surface area contributed by atoms with Crippen LogP contribution in [0.25, 0.3) is 6.08 Å². The van der Waals surface area contributed by atoms with Gasteiger partial charge in [0, 0.05) is 24.8 Å². The van der Waals surface area contributed by atoms with Gasteiger partial charge < -0.3 is 30.3 Å². The predicted octanol–water partition coefficient (Wildman–Crippen LogP) is 1.05. The minimum atomic E-state index is -1.73. The third-order valence-electron chi connectivity index (χ3n) is 5.39. The van der Waals surface area contributed by atoms with E-state index in [0.29, 0.717) is 5.75 Å². The van der Waals surface area contributed by atoms with E-state index in [0.717, 1.165) is 16.1 Å². The van der Waals surface area contributed by atoms with Crippen molar-refractivity contribution in [1.82, 2.24) is 5.32 Å². The van der Waals surface area contributed by atoms with Crippen LogP contribution in [0, 0.1) is 0 Å². The van der Waals surface area contributed by atoms with Crippen LogP contribution in [0.5, 0.6) is 0 Å². The predicted molar refractivity (Wildman–Crippen MR) is 127 cm³/mol. The highest BCUT2D eigenvalue weighted by molar-refractivity contribution is 7.99. The minimum absolute atomic E-state index is 0.295. The van der Waals surface area contributed by atoms with Gasteiger partial charge in [-0.15, -0.1) is 11.8 Å². The standard InChI is InChI=1S/C24H28N2O6S/c1-26-17-10-6-7-11-19(17)33-14-16(24(26)31)25-23(30)22(32-2)21(29)20(28)18(27)13-12-15-8-4-3-5-9-15/h3-13,16,18,20-22,27-29H,14H2,1-2H3,(H,25,30)/t16-,18?,20?,21?,22?/m0/s1. The number of nitrogens with zero attached hydrogens (tertiary/aromatic N) is 1. The first-order valence-electron chi connectivity index (χ1n) is 10.4. The SMILES string of the molecule is COC(C(=O)N[C@H]1CSc2ccccc2N(C)C1=O)C(O)C(O)C(O)C=Cc1ccccc1. The highest BCUT2D eigenvalue weighted by atomic mass is 32.2. The smallest absolute Gasteiger partial charge is 0.252 e. The summed E-state index contributed by atoms with van der Waals surface area (Å²) in [7, 11) is 2.84. The molecule has 0 fully saturated rings. The van der Waals surface area contributed by atoms with Crippen LogP contribution in [0.2, 0.25) is 0 Å². The van der Waals surface area contributed by atoms with E-state index in [1.54, 1.807) is 13.1 Å². The number of methoxy groups -OCH3 is 1. The van der Waals surface area contributed by atoms with Crippen molar-refractivity contribution in [2.24, 2.45) is 0 Å². The Morgan fingerprint density at radius 2 is 1.79 bits per heavy atom. The number of anilines is 1. The molecule has 33 heavy (non-hydrogen) atoms. The summed E-state index contributed by atoms with van der Waals surface area (Å²) < 4.78 is 5.12. The zero-order valence-corrected chi connectivity index (χ0v) is 19.2. The number of fused-ring (bicyclic) bond motifs is 1. The van der Waals surface area contributed by atoms with Gasteiger partial charge in [0.15, 0.2) is 6.10 Å². The quantitative estimate of drug-likeness (QED) is 0.453. The monoisotopic (exact) mass is 472 g/mol. The number of para-hydroxylation sites is 1. The molecule has 176 valence electrons. The maximum Gasteiger partial charge on any atom is 0.252 e. The molecule has 2 amide bonds. The minimum Gasteiger partial charge on any atom is -0.387 e. The van der Waals surface area contributed by atoms with Gasteiger partial charge >= 0.3 is 0 Å². The lowest BCUT2D eigenvalue weighted by atomic mass is 10.0. The second-order valence-corrected chi connectivity index (χ2v) is 8.70. The zero-order chi connectivity index (χ0) is 24.0. The van der Waals surface area contributed by atoms with Gasteiger partial charge in [0.05, 0.1) is 5.69 Å². The summed E-state index contributed by atoms with van der Waals surface area (Å²) >= 11 is 1.43. The lowest BCUT2D eigenvalue weighted by Gasteiger charge is -2.28. The van der Waals surface area contributed by atoms with E-state index in [4.69, 9.17) is 4.74 Å². The Bertz CT molecular complexity index is 986. The number of hydrogen-bond donors (Lipinski definition) is 4. The summed E-state index contributed by atoms with van der Waals surface area (Å²) in [6.07, 6.45) is -3.43. The van der Waals surface area contributed by atoms with Gasteiger partial charge in [0.1, 0.15) is 24.4 Å². The fourth-order valence-electron chi connectivity index (χ4n) is 3.48. The Balaban J connectivity index is 1.65. The number of carbonyl (C=O) groups is 2. The molecule has 2 aromatic carbocycles. The van der Waals surface area contributed by atoms with Crippen molar-refractivity contribution in [3.63, 3.8) is 0 Å². The number of carbonyl (C=O) groups excluding carboxylic acids is 2. The van der Waals surface area contributed by atoms with Crippen molar-refractivity contribution in [2.45, 2.75) is 35.4 Å². The summed E-state index contributed by atoms with van der Waals surface area (Å²) in [6, 6.07) is 15.7. The first-order chi connectivity index (χ1) is 15.8. The third-order valence-corrected chi connectivity index (χ3v) is 6.54. The molecule has 0 aromatic heterocycles. The maximum absolute atomic E-state index is 12.9. The van der Waals surface area contributed by atoms with Crippen LogP contribution in [0.15, 0.2) is 65.6 Å². The van der Waals surface area contributed by atoms with Gasteiger partial charge in [-0.25, -0.2) is 0 Å². The number of rotatable bonds is 8. The molecule has 4 unspecified atom stereocenters.